The lowest BCUT2D eigenvalue weighted by molar-refractivity contribution is -0.136. The molecular weight excluding hydrogens is 296 g/mol. The lowest BCUT2D eigenvalue weighted by Gasteiger charge is -2.27. The third-order valence-electron chi connectivity index (χ3n) is 4.31. The highest BCUT2D eigenvalue weighted by Crippen LogP contribution is 2.31. The maximum absolute atomic E-state index is 12.7. The Labute approximate surface area is 133 Å². The number of hydrogen-bond acceptors (Lipinski definition) is 4. The molecule has 0 saturated carbocycles. The normalized spacial score (nSPS) is 21.5. The van der Waals surface area contributed by atoms with Gasteiger partial charge in [0.15, 0.2) is 0 Å². The van der Waals surface area contributed by atoms with Crippen LogP contribution in [0, 0.1) is 0 Å². The van der Waals surface area contributed by atoms with E-state index in [4.69, 9.17) is 0 Å². The van der Waals surface area contributed by atoms with Gasteiger partial charge in [0, 0.05) is 6.42 Å². The van der Waals surface area contributed by atoms with Gasteiger partial charge < -0.3 is 0 Å². The van der Waals surface area contributed by atoms with E-state index in [1.165, 1.54) is 0 Å². The molecule has 6 heteroatoms. The fourth-order valence-electron chi connectivity index (χ4n) is 2.94. The number of imide groups is 2. The highest BCUT2D eigenvalue weighted by Gasteiger charge is 2.44. The molecule has 2 aliphatic heterocycles. The van der Waals surface area contributed by atoms with Crippen LogP contribution in [0.4, 0.5) is 0 Å². The van der Waals surface area contributed by atoms with E-state index >= 15 is 0 Å². The maximum Gasteiger partial charge on any atom is 0.262 e. The molecule has 3 rings (SSSR count). The van der Waals surface area contributed by atoms with Crippen LogP contribution in [-0.2, 0) is 15.0 Å². The van der Waals surface area contributed by atoms with Crippen LogP contribution in [-0.4, -0.2) is 34.6 Å². The number of nitrogens with zero attached hydrogens (tertiary/aromatic N) is 1. The van der Waals surface area contributed by atoms with Crippen LogP contribution in [0.15, 0.2) is 18.2 Å². The van der Waals surface area contributed by atoms with Crippen molar-refractivity contribution in [2.75, 3.05) is 0 Å². The van der Waals surface area contributed by atoms with Crippen LogP contribution >= 0.6 is 0 Å². The molecule has 0 aromatic heterocycles. The Bertz CT molecular complexity index is 745. The number of piperidine rings is 1. The lowest BCUT2D eigenvalue weighted by Crippen LogP contribution is -2.54. The van der Waals surface area contributed by atoms with Gasteiger partial charge in [0.2, 0.25) is 11.8 Å². The van der Waals surface area contributed by atoms with Crippen molar-refractivity contribution in [1.29, 1.82) is 0 Å². The van der Waals surface area contributed by atoms with Gasteiger partial charge in [-0.15, -0.1) is 0 Å². The van der Waals surface area contributed by atoms with E-state index in [2.05, 4.69) is 5.32 Å². The number of amides is 4. The van der Waals surface area contributed by atoms with Crippen LogP contribution < -0.4 is 5.32 Å². The molecule has 1 aromatic rings. The van der Waals surface area contributed by atoms with E-state index in [0.717, 1.165) is 10.5 Å². The summed E-state index contributed by atoms with van der Waals surface area (Å²) in [6.07, 6.45) is 0.291. The van der Waals surface area contributed by atoms with Crippen molar-refractivity contribution in [2.45, 2.75) is 45.1 Å². The summed E-state index contributed by atoms with van der Waals surface area (Å²) in [6, 6.07) is 4.28. The van der Waals surface area contributed by atoms with E-state index in [1.54, 1.807) is 12.1 Å². The first kappa shape index (κ1) is 15.4. The van der Waals surface area contributed by atoms with E-state index < -0.39 is 23.8 Å². The highest BCUT2D eigenvalue weighted by molar-refractivity contribution is 6.23. The van der Waals surface area contributed by atoms with Gasteiger partial charge in [0.25, 0.3) is 11.8 Å². The molecule has 6 nitrogen and oxygen atoms in total. The minimum atomic E-state index is -0.918. The molecule has 23 heavy (non-hydrogen) atoms. The Balaban J connectivity index is 1.98. The fraction of sp³-hybridized carbons (Fsp3) is 0.412. The fourth-order valence-corrected chi connectivity index (χ4v) is 2.94. The first-order chi connectivity index (χ1) is 10.7. The molecule has 120 valence electrons. The van der Waals surface area contributed by atoms with Crippen molar-refractivity contribution >= 4 is 23.6 Å². The van der Waals surface area contributed by atoms with E-state index in [-0.39, 0.29) is 24.2 Å². The van der Waals surface area contributed by atoms with Gasteiger partial charge in [-0.05, 0) is 29.5 Å². The molecule has 1 N–H and O–H groups in total. The molecule has 1 aromatic carbocycles. The zero-order chi connectivity index (χ0) is 16.9. The van der Waals surface area contributed by atoms with Crippen LogP contribution in [0.2, 0.25) is 0 Å². The van der Waals surface area contributed by atoms with Crippen LogP contribution in [0.5, 0.6) is 0 Å². The van der Waals surface area contributed by atoms with Gasteiger partial charge in [0.05, 0.1) is 11.1 Å². The molecule has 1 fully saturated rings. The van der Waals surface area contributed by atoms with Crippen LogP contribution in [0.3, 0.4) is 0 Å². The third kappa shape index (κ3) is 2.44. The van der Waals surface area contributed by atoms with Crippen molar-refractivity contribution in [1.82, 2.24) is 10.2 Å². The Morgan fingerprint density at radius 3 is 2.30 bits per heavy atom. The van der Waals surface area contributed by atoms with Crippen molar-refractivity contribution < 1.29 is 19.2 Å². The molecular formula is C17H18N2O4. The Morgan fingerprint density at radius 2 is 1.70 bits per heavy atom. The second kappa shape index (κ2) is 5.01. The van der Waals surface area contributed by atoms with Crippen molar-refractivity contribution in [3.63, 3.8) is 0 Å². The molecule has 0 radical (unpaired) electrons. The minimum absolute atomic E-state index is 0.122. The first-order valence-electron chi connectivity index (χ1n) is 7.56. The van der Waals surface area contributed by atoms with Gasteiger partial charge >= 0.3 is 0 Å². The number of carbonyl (C=O) groups is 4. The van der Waals surface area contributed by atoms with E-state index in [9.17, 15) is 19.2 Å². The molecule has 0 bridgehead atoms. The predicted molar refractivity (Wildman–Crippen MR) is 81.8 cm³/mol. The summed E-state index contributed by atoms with van der Waals surface area (Å²) in [6.45, 7) is 6.07. The molecule has 1 atom stereocenters. The first-order valence-corrected chi connectivity index (χ1v) is 7.56. The van der Waals surface area contributed by atoms with Crippen LogP contribution in [0.1, 0.15) is 59.9 Å². The average Bonchev–Trinajstić information content (AvgIpc) is 2.71. The molecule has 1 unspecified atom stereocenters. The topological polar surface area (TPSA) is 83.6 Å². The Hall–Kier alpha value is -2.50. The van der Waals surface area contributed by atoms with Crippen molar-refractivity contribution in [3.05, 3.63) is 34.9 Å². The molecule has 1 saturated heterocycles. The number of carbonyl (C=O) groups excluding carboxylic acids is 4. The van der Waals surface area contributed by atoms with Crippen LogP contribution in [0.25, 0.3) is 0 Å². The largest absolute Gasteiger partial charge is 0.295 e. The highest BCUT2D eigenvalue weighted by atomic mass is 16.2. The second-order valence-corrected chi connectivity index (χ2v) is 6.96. The molecule has 0 spiro atoms. The number of fused-ring (bicyclic) bond motifs is 1. The van der Waals surface area contributed by atoms with Gasteiger partial charge in [0.1, 0.15) is 6.04 Å². The monoisotopic (exact) mass is 314 g/mol. The third-order valence-corrected chi connectivity index (χ3v) is 4.31. The summed E-state index contributed by atoms with van der Waals surface area (Å²) >= 11 is 0. The molecule has 0 aliphatic carbocycles. The SMILES string of the molecule is CC(C)(C)c1ccc2c(c1)C(=O)N(C1CCC(=O)NC1=O)C2=O. The summed E-state index contributed by atoms with van der Waals surface area (Å²) in [7, 11) is 0. The quantitative estimate of drug-likeness (QED) is 0.794. The molecule has 2 aliphatic rings. The summed E-state index contributed by atoms with van der Waals surface area (Å²) in [5.74, 6) is -1.91. The standard InChI is InChI=1S/C17H18N2O4/c1-17(2,3)9-4-5-10-11(8-9)16(23)19(15(10)22)12-6-7-13(20)18-14(12)21/h4-5,8,12H,6-7H2,1-3H3,(H,18,20,21). The number of benzene rings is 1. The second-order valence-electron chi connectivity index (χ2n) is 6.96. The number of nitrogens with one attached hydrogen (secondary N) is 1. The zero-order valence-corrected chi connectivity index (χ0v) is 13.3. The predicted octanol–water partition coefficient (Wildman–Crippen LogP) is 1.39. The summed E-state index contributed by atoms with van der Waals surface area (Å²) in [5, 5.41) is 2.19. The van der Waals surface area contributed by atoms with Crippen molar-refractivity contribution in [2.24, 2.45) is 0 Å². The molecule has 4 amide bonds. The summed E-state index contributed by atoms with van der Waals surface area (Å²) in [4.78, 5) is 49.4. The summed E-state index contributed by atoms with van der Waals surface area (Å²) < 4.78 is 0. The Morgan fingerprint density at radius 1 is 1.04 bits per heavy atom. The smallest absolute Gasteiger partial charge is 0.262 e. The van der Waals surface area contributed by atoms with E-state index in [1.807, 2.05) is 26.8 Å². The summed E-state index contributed by atoms with van der Waals surface area (Å²) in [5.41, 5.74) is 1.43. The van der Waals surface area contributed by atoms with Gasteiger partial charge in [-0.3, -0.25) is 29.4 Å². The average molecular weight is 314 g/mol. The minimum Gasteiger partial charge on any atom is -0.295 e. The Kier molecular flexibility index (Phi) is 3.35. The van der Waals surface area contributed by atoms with Gasteiger partial charge in [-0.25, -0.2) is 0 Å². The number of rotatable bonds is 1. The van der Waals surface area contributed by atoms with Gasteiger partial charge in [-0.1, -0.05) is 26.8 Å². The number of hydrogen-bond donors (Lipinski definition) is 1. The lowest BCUT2D eigenvalue weighted by atomic mass is 9.85. The van der Waals surface area contributed by atoms with E-state index in [0.29, 0.717) is 11.1 Å². The molecule has 2 heterocycles. The van der Waals surface area contributed by atoms with Gasteiger partial charge in [-0.2, -0.15) is 0 Å². The van der Waals surface area contributed by atoms with Crippen molar-refractivity contribution in [3.8, 4) is 0 Å². The zero-order valence-electron chi connectivity index (χ0n) is 13.3. The maximum atomic E-state index is 12.7.